The van der Waals surface area contributed by atoms with Crippen LogP contribution in [-0.2, 0) is 4.79 Å². The highest BCUT2D eigenvalue weighted by Crippen LogP contribution is 2.24. The molecule has 3 rings (SSSR count). The first kappa shape index (κ1) is 15.8. The normalized spacial score (nSPS) is 10.6. The fraction of sp³-hybridized carbons (Fsp3) is 0.158. The third-order valence-electron chi connectivity index (χ3n) is 3.83. The van der Waals surface area contributed by atoms with Gasteiger partial charge in [-0.1, -0.05) is 12.1 Å². The van der Waals surface area contributed by atoms with Crippen LogP contribution in [0.5, 0.6) is 0 Å². The predicted molar refractivity (Wildman–Crippen MR) is 96.5 cm³/mol. The van der Waals surface area contributed by atoms with E-state index in [-0.39, 0.29) is 11.8 Å². The van der Waals surface area contributed by atoms with Crippen molar-refractivity contribution in [2.24, 2.45) is 0 Å². The minimum absolute atomic E-state index is 0.128. The van der Waals surface area contributed by atoms with Gasteiger partial charge in [-0.2, -0.15) is 0 Å². The van der Waals surface area contributed by atoms with E-state index in [1.54, 1.807) is 24.3 Å². The number of hydrogen-bond acceptors (Lipinski definition) is 2. The summed E-state index contributed by atoms with van der Waals surface area (Å²) in [5.74, 6) is -0.286. The standard InChI is InChI=1S/C19H19N3O2/c1-11-4-9-16-17(10-11)20-12(2)18(16)19(24)22-15-7-5-14(6-8-15)21-13(3)23/h4-10,20H,1-3H3,(H,21,23)(H,22,24). The average molecular weight is 321 g/mol. The van der Waals surface area contributed by atoms with Gasteiger partial charge in [0.1, 0.15) is 0 Å². The summed E-state index contributed by atoms with van der Waals surface area (Å²) in [6.45, 7) is 5.37. The largest absolute Gasteiger partial charge is 0.358 e. The van der Waals surface area contributed by atoms with E-state index in [2.05, 4.69) is 15.6 Å². The molecule has 3 N–H and O–H groups in total. The highest BCUT2D eigenvalue weighted by molar-refractivity contribution is 6.14. The first-order chi connectivity index (χ1) is 11.4. The highest BCUT2D eigenvalue weighted by Gasteiger charge is 2.16. The highest BCUT2D eigenvalue weighted by atomic mass is 16.2. The van der Waals surface area contributed by atoms with E-state index in [4.69, 9.17) is 0 Å². The second-order valence-corrected chi connectivity index (χ2v) is 5.89. The van der Waals surface area contributed by atoms with Crippen LogP contribution in [0.15, 0.2) is 42.5 Å². The maximum Gasteiger partial charge on any atom is 0.258 e. The zero-order valence-corrected chi connectivity index (χ0v) is 13.9. The van der Waals surface area contributed by atoms with Gasteiger partial charge >= 0.3 is 0 Å². The van der Waals surface area contributed by atoms with E-state index in [0.29, 0.717) is 16.9 Å². The lowest BCUT2D eigenvalue weighted by atomic mass is 10.1. The molecule has 0 fully saturated rings. The fourth-order valence-electron chi connectivity index (χ4n) is 2.77. The monoisotopic (exact) mass is 321 g/mol. The molecule has 1 aromatic heterocycles. The minimum Gasteiger partial charge on any atom is -0.358 e. The Morgan fingerprint density at radius 2 is 1.54 bits per heavy atom. The summed E-state index contributed by atoms with van der Waals surface area (Å²) in [4.78, 5) is 26.9. The molecule has 5 heteroatoms. The molecule has 0 atom stereocenters. The van der Waals surface area contributed by atoms with E-state index < -0.39 is 0 Å². The summed E-state index contributed by atoms with van der Waals surface area (Å²) in [6, 6.07) is 13.0. The van der Waals surface area contributed by atoms with Crippen LogP contribution in [-0.4, -0.2) is 16.8 Å². The van der Waals surface area contributed by atoms with Gasteiger partial charge in [0.15, 0.2) is 0 Å². The van der Waals surface area contributed by atoms with Gasteiger partial charge in [-0.3, -0.25) is 9.59 Å². The Balaban J connectivity index is 1.85. The molecule has 3 aromatic rings. The first-order valence-electron chi connectivity index (χ1n) is 7.72. The van der Waals surface area contributed by atoms with Gasteiger partial charge in [-0.05, 0) is 49.7 Å². The molecule has 0 saturated heterocycles. The number of rotatable bonds is 3. The molecule has 0 bridgehead atoms. The molecule has 0 radical (unpaired) electrons. The topological polar surface area (TPSA) is 74.0 Å². The van der Waals surface area contributed by atoms with Crippen molar-refractivity contribution in [1.29, 1.82) is 0 Å². The van der Waals surface area contributed by atoms with Crippen molar-refractivity contribution in [2.75, 3.05) is 10.6 Å². The van der Waals surface area contributed by atoms with E-state index >= 15 is 0 Å². The van der Waals surface area contributed by atoms with Crippen LogP contribution >= 0.6 is 0 Å². The maximum absolute atomic E-state index is 12.7. The molecule has 122 valence electrons. The lowest BCUT2D eigenvalue weighted by molar-refractivity contribution is -0.114. The number of anilines is 2. The Kier molecular flexibility index (Phi) is 4.08. The van der Waals surface area contributed by atoms with Gasteiger partial charge in [0.05, 0.1) is 5.56 Å². The Bertz CT molecular complexity index is 924. The van der Waals surface area contributed by atoms with Crippen LogP contribution in [0, 0.1) is 13.8 Å². The van der Waals surface area contributed by atoms with Gasteiger partial charge in [-0.15, -0.1) is 0 Å². The van der Waals surface area contributed by atoms with Crippen LogP contribution in [0.1, 0.15) is 28.5 Å². The molecule has 1 heterocycles. The fourth-order valence-corrected chi connectivity index (χ4v) is 2.77. The van der Waals surface area contributed by atoms with E-state index in [0.717, 1.165) is 22.2 Å². The number of aromatic amines is 1. The predicted octanol–water partition coefficient (Wildman–Crippen LogP) is 4.00. The molecule has 0 aliphatic heterocycles. The van der Waals surface area contributed by atoms with Crippen molar-refractivity contribution in [1.82, 2.24) is 4.98 Å². The van der Waals surface area contributed by atoms with Gasteiger partial charge in [0, 0.05) is 34.9 Å². The van der Waals surface area contributed by atoms with Crippen molar-refractivity contribution >= 4 is 34.1 Å². The smallest absolute Gasteiger partial charge is 0.258 e. The molecule has 2 amide bonds. The summed E-state index contributed by atoms with van der Waals surface area (Å²) in [7, 11) is 0. The second kappa shape index (κ2) is 6.20. The average Bonchev–Trinajstić information content (AvgIpc) is 2.83. The summed E-state index contributed by atoms with van der Waals surface area (Å²) in [5, 5.41) is 6.50. The van der Waals surface area contributed by atoms with Crippen LogP contribution in [0.25, 0.3) is 10.9 Å². The number of carbonyl (C=O) groups is 2. The first-order valence-corrected chi connectivity index (χ1v) is 7.72. The molecule has 0 aliphatic rings. The van der Waals surface area contributed by atoms with Crippen LogP contribution in [0.3, 0.4) is 0 Å². The van der Waals surface area contributed by atoms with Crippen molar-refractivity contribution in [3.8, 4) is 0 Å². The van der Waals surface area contributed by atoms with Crippen molar-refractivity contribution < 1.29 is 9.59 Å². The zero-order valence-electron chi connectivity index (χ0n) is 13.9. The quantitative estimate of drug-likeness (QED) is 0.682. The number of hydrogen-bond donors (Lipinski definition) is 3. The van der Waals surface area contributed by atoms with Crippen molar-refractivity contribution in [2.45, 2.75) is 20.8 Å². The molecule has 0 saturated carbocycles. The number of amides is 2. The van der Waals surface area contributed by atoms with Crippen LogP contribution in [0.2, 0.25) is 0 Å². The van der Waals surface area contributed by atoms with E-state index in [1.807, 2.05) is 32.0 Å². The van der Waals surface area contributed by atoms with E-state index in [1.165, 1.54) is 6.92 Å². The second-order valence-electron chi connectivity index (χ2n) is 5.89. The SMILES string of the molecule is CC(=O)Nc1ccc(NC(=O)c2c(C)[nH]c3cc(C)ccc23)cc1. The van der Waals surface area contributed by atoms with Gasteiger partial charge in [0.25, 0.3) is 5.91 Å². The molecular weight excluding hydrogens is 302 g/mol. The number of carbonyl (C=O) groups excluding carboxylic acids is 2. The zero-order chi connectivity index (χ0) is 17.3. The van der Waals surface area contributed by atoms with Gasteiger partial charge in [-0.25, -0.2) is 0 Å². The van der Waals surface area contributed by atoms with Crippen molar-refractivity contribution in [3.05, 3.63) is 59.3 Å². The van der Waals surface area contributed by atoms with Gasteiger partial charge < -0.3 is 15.6 Å². The molecule has 0 unspecified atom stereocenters. The number of nitrogens with one attached hydrogen (secondary N) is 3. The Labute approximate surface area is 140 Å². The number of fused-ring (bicyclic) bond motifs is 1. The third-order valence-corrected chi connectivity index (χ3v) is 3.83. The summed E-state index contributed by atoms with van der Waals surface area (Å²) in [6.07, 6.45) is 0. The molecule has 5 nitrogen and oxygen atoms in total. The number of benzene rings is 2. The Hall–Kier alpha value is -3.08. The maximum atomic E-state index is 12.7. The van der Waals surface area contributed by atoms with Crippen LogP contribution < -0.4 is 10.6 Å². The van der Waals surface area contributed by atoms with E-state index in [9.17, 15) is 9.59 Å². The summed E-state index contributed by atoms with van der Waals surface area (Å²) in [5.41, 5.74) is 4.95. The molecule has 0 aliphatic carbocycles. The molecular formula is C19H19N3O2. The minimum atomic E-state index is -0.158. The lowest BCUT2D eigenvalue weighted by Crippen LogP contribution is -2.13. The number of H-pyrrole nitrogens is 1. The van der Waals surface area contributed by atoms with Crippen LogP contribution in [0.4, 0.5) is 11.4 Å². The lowest BCUT2D eigenvalue weighted by Gasteiger charge is -2.07. The summed E-state index contributed by atoms with van der Waals surface area (Å²) < 4.78 is 0. The Morgan fingerprint density at radius 3 is 2.17 bits per heavy atom. The third kappa shape index (κ3) is 3.15. The number of aryl methyl sites for hydroxylation is 2. The number of aromatic nitrogens is 1. The molecule has 24 heavy (non-hydrogen) atoms. The summed E-state index contributed by atoms with van der Waals surface area (Å²) >= 11 is 0. The van der Waals surface area contributed by atoms with Gasteiger partial charge in [0.2, 0.25) is 5.91 Å². The molecule has 0 spiro atoms. The molecule has 2 aromatic carbocycles. The van der Waals surface area contributed by atoms with Crippen molar-refractivity contribution in [3.63, 3.8) is 0 Å². The Morgan fingerprint density at radius 1 is 0.917 bits per heavy atom.